The van der Waals surface area contributed by atoms with Gasteiger partial charge in [-0.05, 0) is 30.3 Å². The average molecular weight is 424 g/mol. The Balaban J connectivity index is 1.58. The van der Waals surface area contributed by atoms with E-state index in [1.165, 1.54) is 18.1 Å². The maximum Gasteiger partial charge on any atom is 0.335 e. The molecule has 0 aliphatic heterocycles. The number of fused-ring (bicyclic) bond motifs is 1. The van der Waals surface area contributed by atoms with Gasteiger partial charge in [-0.2, -0.15) is 0 Å². The Morgan fingerprint density at radius 2 is 2.10 bits per heavy atom. The number of H-pyrrole nitrogens is 1. The lowest BCUT2D eigenvalue weighted by molar-refractivity contribution is -0.128. The molecule has 2 heterocycles. The predicted octanol–water partition coefficient (Wildman–Crippen LogP) is 4.99. The van der Waals surface area contributed by atoms with Gasteiger partial charge in [-0.15, -0.1) is 0 Å². The molecule has 0 spiro atoms. The number of ether oxygens (including phenoxy) is 1. The summed E-state index contributed by atoms with van der Waals surface area (Å²) in [4.78, 5) is 28.0. The number of aromatic nitrogens is 4. The first-order chi connectivity index (χ1) is 14.1. The van der Waals surface area contributed by atoms with Crippen molar-refractivity contribution in [1.29, 1.82) is 0 Å². The van der Waals surface area contributed by atoms with Gasteiger partial charge in [0.1, 0.15) is 17.9 Å². The molecule has 0 atom stereocenters. The van der Waals surface area contributed by atoms with Crippen molar-refractivity contribution in [1.82, 2.24) is 19.9 Å². The lowest BCUT2D eigenvalue weighted by Gasteiger charge is -2.11. The molecule has 0 radical (unpaired) electrons. The van der Waals surface area contributed by atoms with Crippen LogP contribution in [0.5, 0.6) is 5.75 Å². The van der Waals surface area contributed by atoms with Gasteiger partial charge >= 0.3 is 5.97 Å². The topological polar surface area (TPSA) is 92.8 Å². The first-order valence-electron chi connectivity index (χ1n) is 8.45. The summed E-state index contributed by atoms with van der Waals surface area (Å²) in [6.07, 6.45) is 5.99. The van der Waals surface area contributed by atoms with Gasteiger partial charge in [-0.3, -0.25) is 0 Å². The Bertz CT molecular complexity index is 1200. The van der Waals surface area contributed by atoms with Gasteiger partial charge in [0.25, 0.3) is 0 Å². The molecule has 0 bridgehead atoms. The molecule has 0 unspecified atom stereocenters. The third kappa shape index (κ3) is 4.39. The van der Waals surface area contributed by atoms with Gasteiger partial charge in [0, 0.05) is 40.5 Å². The number of hydrogen-bond donors (Lipinski definition) is 2. The summed E-state index contributed by atoms with van der Waals surface area (Å²) in [7, 11) is 0. The van der Waals surface area contributed by atoms with Crippen LogP contribution in [0.4, 0.5) is 11.5 Å². The molecule has 0 saturated carbocycles. The van der Waals surface area contributed by atoms with Crippen LogP contribution in [0, 0.1) is 0 Å². The Morgan fingerprint density at radius 1 is 1.21 bits per heavy atom. The number of nitrogens with one attached hydrogen (secondary N) is 2. The molecule has 4 rings (SSSR count). The van der Waals surface area contributed by atoms with Crippen LogP contribution < -0.4 is 10.1 Å². The number of hydrogen-bond acceptors (Lipinski definition) is 7. The highest BCUT2D eigenvalue weighted by molar-refractivity contribution is 7.99. The highest BCUT2D eigenvalue weighted by atomic mass is 35.5. The molecular weight excluding hydrogens is 410 g/mol. The summed E-state index contributed by atoms with van der Waals surface area (Å²) in [5.41, 5.74) is 1.41. The second kappa shape index (κ2) is 8.34. The monoisotopic (exact) mass is 423 g/mol. The van der Waals surface area contributed by atoms with Crippen molar-refractivity contribution in [2.45, 2.75) is 10.1 Å². The lowest BCUT2D eigenvalue weighted by Crippen LogP contribution is -2.03. The van der Waals surface area contributed by atoms with Crippen LogP contribution in [0.1, 0.15) is 0 Å². The van der Waals surface area contributed by atoms with Gasteiger partial charge in [-0.25, -0.2) is 19.7 Å². The van der Waals surface area contributed by atoms with E-state index in [4.69, 9.17) is 16.3 Å². The van der Waals surface area contributed by atoms with Gasteiger partial charge in [0.05, 0.1) is 10.5 Å². The number of rotatable bonds is 6. The number of nitrogens with zero attached hydrogens (tertiary/aromatic N) is 3. The van der Waals surface area contributed by atoms with Gasteiger partial charge in [0.2, 0.25) is 0 Å². The molecule has 0 aliphatic rings. The minimum atomic E-state index is -0.529. The number of halogens is 1. The predicted molar refractivity (Wildman–Crippen MR) is 113 cm³/mol. The second-order valence-corrected chi connectivity index (χ2v) is 7.23. The van der Waals surface area contributed by atoms with E-state index in [0.29, 0.717) is 22.1 Å². The molecular formula is C20H14ClN5O2S. The fourth-order valence-electron chi connectivity index (χ4n) is 2.57. The Kier molecular flexibility index (Phi) is 5.46. The Morgan fingerprint density at radius 3 is 2.86 bits per heavy atom. The van der Waals surface area contributed by atoms with Crippen molar-refractivity contribution in [2.24, 2.45) is 0 Å². The van der Waals surface area contributed by atoms with Crippen molar-refractivity contribution in [2.75, 3.05) is 5.32 Å². The zero-order chi connectivity index (χ0) is 20.2. The molecule has 4 aromatic rings. The number of imidazole rings is 1. The minimum Gasteiger partial charge on any atom is -0.423 e. The van der Waals surface area contributed by atoms with E-state index in [-0.39, 0.29) is 0 Å². The van der Waals surface area contributed by atoms with Crippen LogP contribution in [-0.2, 0) is 4.79 Å². The summed E-state index contributed by atoms with van der Waals surface area (Å²) in [6, 6.07) is 10.8. The Hall–Kier alpha value is -3.36. The van der Waals surface area contributed by atoms with Gasteiger partial charge in [-0.1, -0.05) is 29.9 Å². The van der Waals surface area contributed by atoms with Crippen molar-refractivity contribution < 1.29 is 9.53 Å². The maximum absolute atomic E-state index is 11.4. The fourth-order valence-corrected chi connectivity index (χ4v) is 3.60. The van der Waals surface area contributed by atoms with E-state index in [0.717, 1.165) is 27.2 Å². The second-order valence-electron chi connectivity index (χ2n) is 5.79. The summed E-state index contributed by atoms with van der Waals surface area (Å²) in [5.74, 6) is 0.465. The molecule has 2 aromatic heterocycles. The molecule has 2 aromatic carbocycles. The number of esters is 1. The number of carbonyl (C=O) groups is 1. The molecule has 0 saturated heterocycles. The Labute approximate surface area is 175 Å². The molecule has 0 fully saturated rings. The molecule has 2 N–H and O–H groups in total. The molecule has 144 valence electrons. The molecule has 0 amide bonds. The van der Waals surface area contributed by atoms with Crippen molar-refractivity contribution >= 4 is 51.7 Å². The molecule has 9 heteroatoms. The summed E-state index contributed by atoms with van der Waals surface area (Å²) < 4.78 is 5.14. The van der Waals surface area contributed by atoms with Crippen LogP contribution in [0.25, 0.3) is 10.9 Å². The van der Waals surface area contributed by atoms with Crippen LogP contribution in [0.3, 0.4) is 0 Å². The van der Waals surface area contributed by atoms with E-state index in [2.05, 4.69) is 31.8 Å². The van der Waals surface area contributed by atoms with Gasteiger partial charge in [0.15, 0.2) is 5.16 Å². The van der Waals surface area contributed by atoms with Gasteiger partial charge < -0.3 is 15.0 Å². The van der Waals surface area contributed by atoms with Crippen LogP contribution in [0.15, 0.2) is 77.8 Å². The van der Waals surface area contributed by atoms with Crippen molar-refractivity contribution in [3.05, 3.63) is 72.8 Å². The van der Waals surface area contributed by atoms with Crippen LogP contribution in [0.2, 0.25) is 5.02 Å². The SMILES string of the molecule is C=CC(=O)Oc1ccc2c(Nc3ccc(Sc4ncc[nH]4)c(Cl)c3)ncnc2c1. The van der Waals surface area contributed by atoms with Crippen LogP contribution >= 0.6 is 23.4 Å². The first kappa shape index (κ1) is 19.0. The summed E-state index contributed by atoms with van der Waals surface area (Å²) in [6.45, 7) is 3.39. The van der Waals surface area contributed by atoms with E-state index in [1.54, 1.807) is 30.6 Å². The number of carbonyl (C=O) groups excluding carboxylic acids is 1. The van der Waals surface area contributed by atoms with E-state index < -0.39 is 5.97 Å². The zero-order valence-corrected chi connectivity index (χ0v) is 16.5. The first-order valence-corrected chi connectivity index (χ1v) is 9.64. The third-order valence-corrected chi connectivity index (χ3v) is 5.28. The highest BCUT2D eigenvalue weighted by Crippen LogP contribution is 2.34. The quantitative estimate of drug-likeness (QED) is 0.256. The van der Waals surface area contributed by atoms with E-state index in [1.807, 2.05) is 18.2 Å². The highest BCUT2D eigenvalue weighted by Gasteiger charge is 2.10. The maximum atomic E-state index is 11.4. The minimum absolute atomic E-state index is 0.384. The molecule has 29 heavy (non-hydrogen) atoms. The summed E-state index contributed by atoms with van der Waals surface area (Å²) >= 11 is 7.87. The number of benzene rings is 2. The number of anilines is 2. The molecule has 0 aliphatic carbocycles. The summed E-state index contributed by atoms with van der Waals surface area (Å²) in [5, 5.41) is 5.38. The standard InChI is InChI=1S/C20H14ClN5O2S/c1-2-18(27)28-13-4-5-14-16(10-13)24-11-25-19(14)26-12-3-6-17(15(21)9-12)29-20-22-7-8-23-20/h2-11H,1H2,(H,22,23)(H,24,25,26). The van der Waals surface area contributed by atoms with Crippen LogP contribution in [-0.4, -0.2) is 25.9 Å². The fraction of sp³-hybridized carbons (Fsp3) is 0. The number of aromatic amines is 1. The van der Waals surface area contributed by atoms with Crippen molar-refractivity contribution in [3.63, 3.8) is 0 Å². The average Bonchev–Trinajstić information content (AvgIpc) is 3.23. The normalized spacial score (nSPS) is 10.7. The smallest absolute Gasteiger partial charge is 0.335 e. The van der Waals surface area contributed by atoms with Crippen molar-refractivity contribution in [3.8, 4) is 5.75 Å². The van der Waals surface area contributed by atoms with E-state index >= 15 is 0 Å². The van der Waals surface area contributed by atoms with E-state index in [9.17, 15) is 4.79 Å². The third-order valence-electron chi connectivity index (χ3n) is 3.87. The lowest BCUT2D eigenvalue weighted by atomic mass is 10.2. The largest absolute Gasteiger partial charge is 0.423 e. The molecule has 7 nitrogen and oxygen atoms in total. The zero-order valence-electron chi connectivity index (χ0n) is 14.9.